The Morgan fingerprint density at radius 2 is 1.86 bits per heavy atom. The molecule has 2 aliphatic carbocycles. The van der Waals surface area contributed by atoms with Gasteiger partial charge in [-0.3, -0.25) is 14.5 Å². The molecule has 1 saturated carbocycles. The van der Waals surface area contributed by atoms with Crippen LogP contribution in [0.2, 0.25) is 0 Å². The van der Waals surface area contributed by atoms with Crippen molar-refractivity contribution in [3.05, 3.63) is 57.0 Å². The summed E-state index contributed by atoms with van der Waals surface area (Å²) in [6, 6.07) is 7.38. The molecule has 2 N–H and O–H groups in total. The van der Waals surface area contributed by atoms with Crippen LogP contribution < -0.4 is 10.9 Å². The van der Waals surface area contributed by atoms with Crippen LogP contribution in [0.4, 0.5) is 0 Å². The molecule has 3 aromatic rings. The van der Waals surface area contributed by atoms with Crippen molar-refractivity contribution >= 4 is 16.8 Å². The molecule has 1 saturated heterocycles. The molecule has 36 heavy (non-hydrogen) atoms. The number of pyridine rings is 1. The third kappa shape index (κ3) is 4.30. The predicted molar refractivity (Wildman–Crippen MR) is 145 cm³/mol. The maximum atomic E-state index is 12.7. The Labute approximate surface area is 213 Å². The number of carbonyl (C=O) groups excluding carboxylic acids is 1. The minimum atomic E-state index is 0.159. The number of hydrogen-bond acceptors (Lipinski definition) is 3. The first-order valence-electron chi connectivity index (χ1n) is 13.8. The molecule has 3 heterocycles. The molecule has 1 amide bonds. The molecule has 0 bridgehead atoms. The summed E-state index contributed by atoms with van der Waals surface area (Å²) in [5, 5.41) is 4.43. The number of fused-ring (bicyclic) bond motifs is 2. The third-order valence-corrected chi connectivity index (χ3v) is 8.52. The van der Waals surface area contributed by atoms with Crippen molar-refractivity contribution in [2.75, 3.05) is 19.6 Å². The lowest BCUT2D eigenvalue weighted by Gasteiger charge is -2.31. The quantitative estimate of drug-likeness (QED) is 0.535. The Kier molecular flexibility index (Phi) is 6.03. The van der Waals surface area contributed by atoms with Gasteiger partial charge in [0.1, 0.15) is 0 Å². The van der Waals surface area contributed by atoms with E-state index < -0.39 is 0 Å². The molecule has 1 aliphatic heterocycles. The molecule has 6 rings (SSSR count). The summed E-state index contributed by atoms with van der Waals surface area (Å²) >= 11 is 0. The summed E-state index contributed by atoms with van der Waals surface area (Å²) in [4.78, 5) is 31.0. The van der Waals surface area contributed by atoms with Crippen molar-refractivity contribution in [3.63, 3.8) is 0 Å². The van der Waals surface area contributed by atoms with Crippen molar-refractivity contribution in [3.8, 4) is 11.3 Å². The lowest BCUT2D eigenvalue weighted by molar-refractivity contribution is -0.122. The normalized spacial score (nSPS) is 18.8. The Balaban J connectivity index is 1.28. The van der Waals surface area contributed by atoms with E-state index in [1.165, 1.54) is 38.9 Å². The van der Waals surface area contributed by atoms with E-state index >= 15 is 0 Å². The number of aromatic amines is 1. The van der Waals surface area contributed by atoms with Crippen molar-refractivity contribution in [1.29, 1.82) is 0 Å². The van der Waals surface area contributed by atoms with Gasteiger partial charge in [0.05, 0.1) is 12.2 Å². The van der Waals surface area contributed by atoms with Crippen molar-refractivity contribution in [1.82, 2.24) is 19.8 Å². The summed E-state index contributed by atoms with van der Waals surface area (Å²) in [5.74, 6) is 1.08. The Bertz CT molecular complexity index is 1370. The summed E-state index contributed by atoms with van der Waals surface area (Å²) in [5.41, 5.74) is 8.72. The minimum absolute atomic E-state index is 0.159. The third-order valence-electron chi connectivity index (χ3n) is 8.52. The van der Waals surface area contributed by atoms with E-state index in [9.17, 15) is 9.59 Å². The number of H-pyrrole nitrogens is 1. The first-order valence-corrected chi connectivity index (χ1v) is 13.8. The molecular weight excluding hydrogens is 448 g/mol. The number of aryl methyl sites for hydroxylation is 1. The van der Waals surface area contributed by atoms with Gasteiger partial charge in [-0.1, -0.05) is 19.9 Å². The predicted octanol–water partition coefficient (Wildman–Crippen LogP) is 4.60. The van der Waals surface area contributed by atoms with Gasteiger partial charge in [0.25, 0.3) is 5.56 Å². The van der Waals surface area contributed by atoms with Gasteiger partial charge in [0.2, 0.25) is 5.91 Å². The van der Waals surface area contributed by atoms with Gasteiger partial charge >= 0.3 is 0 Å². The highest BCUT2D eigenvalue weighted by molar-refractivity contribution is 5.92. The van der Waals surface area contributed by atoms with Gasteiger partial charge in [-0.15, -0.1) is 0 Å². The number of aromatic nitrogens is 2. The van der Waals surface area contributed by atoms with E-state index in [1.807, 2.05) is 13.2 Å². The zero-order valence-corrected chi connectivity index (χ0v) is 21.8. The number of amides is 1. The van der Waals surface area contributed by atoms with Crippen LogP contribution >= 0.6 is 0 Å². The Morgan fingerprint density at radius 1 is 1.11 bits per heavy atom. The first kappa shape index (κ1) is 23.5. The van der Waals surface area contributed by atoms with E-state index in [0.29, 0.717) is 24.4 Å². The van der Waals surface area contributed by atoms with Crippen LogP contribution in [-0.4, -0.2) is 46.0 Å². The molecule has 0 atom stereocenters. The highest BCUT2D eigenvalue weighted by atomic mass is 16.2. The smallest absolute Gasteiger partial charge is 0.253 e. The number of piperidine rings is 1. The van der Waals surface area contributed by atoms with E-state index in [1.54, 1.807) is 4.57 Å². The zero-order valence-electron chi connectivity index (χ0n) is 21.8. The number of nitrogens with one attached hydrogen (secondary N) is 2. The molecule has 0 radical (unpaired) electrons. The zero-order chi connectivity index (χ0) is 25.0. The highest BCUT2D eigenvalue weighted by Gasteiger charge is 2.28. The Morgan fingerprint density at radius 3 is 2.58 bits per heavy atom. The van der Waals surface area contributed by atoms with Crippen LogP contribution in [0.15, 0.2) is 29.2 Å². The van der Waals surface area contributed by atoms with Crippen LogP contribution in [0.3, 0.4) is 0 Å². The van der Waals surface area contributed by atoms with Gasteiger partial charge in [-0.05, 0) is 98.7 Å². The van der Waals surface area contributed by atoms with Gasteiger partial charge in [0.15, 0.2) is 0 Å². The fourth-order valence-corrected chi connectivity index (χ4v) is 6.46. The Hall–Kier alpha value is -2.86. The summed E-state index contributed by atoms with van der Waals surface area (Å²) in [6.45, 7) is 7.02. The standard InChI is InChI=1S/C30H38N4O2/c1-18(2)28-24-15-20(19-11-13-34(14-12-19)17-27(35)31-21-8-9-21)7-10-26(24)32-29(28)25-16-33(3)30(36)23-6-4-5-22(23)25/h7,10,15-16,18-19,21,32H,4-6,8-9,11-14,17H2,1-3H3,(H,31,35). The fraction of sp³-hybridized carbons (Fsp3) is 0.533. The van der Waals surface area contributed by atoms with Crippen LogP contribution in [0.25, 0.3) is 22.2 Å². The second-order valence-corrected chi connectivity index (χ2v) is 11.5. The fourth-order valence-electron chi connectivity index (χ4n) is 6.46. The topological polar surface area (TPSA) is 70.1 Å². The van der Waals surface area contributed by atoms with Gasteiger partial charge in [0, 0.05) is 41.3 Å². The van der Waals surface area contributed by atoms with Crippen LogP contribution in [0.1, 0.15) is 80.0 Å². The average Bonchev–Trinajstić information content (AvgIpc) is 3.38. The van der Waals surface area contributed by atoms with E-state index in [-0.39, 0.29) is 11.5 Å². The van der Waals surface area contributed by atoms with Gasteiger partial charge in [-0.2, -0.15) is 0 Å². The van der Waals surface area contributed by atoms with E-state index in [0.717, 1.165) is 63.6 Å². The number of likely N-dealkylation sites (tertiary alicyclic amines) is 1. The number of carbonyl (C=O) groups is 1. The van der Waals surface area contributed by atoms with Crippen LogP contribution in [0.5, 0.6) is 0 Å². The maximum Gasteiger partial charge on any atom is 0.253 e. The van der Waals surface area contributed by atoms with Crippen molar-refractivity contribution < 1.29 is 4.79 Å². The van der Waals surface area contributed by atoms with E-state index in [2.05, 4.69) is 47.2 Å². The second-order valence-electron chi connectivity index (χ2n) is 11.5. The molecule has 190 valence electrons. The summed E-state index contributed by atoms with van der Waals surface area (Å²) < 4.78 is 1.76. The molecule has 3 aliphatic rings. The molecule has 0 unspecified atom stereocenters. The summed E-state index contributed by atoms with van der Waals surface area (Å²) in [7, 11) is 1.88. The number of rotatable bonds is 6. The molecular formula is C30H38N4O2. The van der Waals surface area contributed by atoms with Crippen molar-refractivity contribution in [2.24, 2.45) is 7.05 Å². The molecule has 2 fully saturated rings. The van der Waals surface area contributed by atoms with Crippen molar-refractivity contribution in [2.45, 2.75) is 76.7 Å². The number of benzene rings is 1. The first-order chi connectivity index (χ1) is 17.4. The van der Waals surface area contributed by atoms with Crippen LogP contribution in [-0.2, 0) is 24.7 Å². The second kappa shape index (κ2) is 9.22. The lowest BCUT2D eigenvalue weighted by Crippen LogP contribution is -2.41. The number of nitrogens with zero attached hydrogens (tertiary/aromatic N) is 2. The molecule has 1 aromatic carbocycles. The monoisotopic (exact) mass is 486 g/mol. The van der Waals surface area contributed by atoms with Crippen LogP contribution in [0, 0.1) is 0 Å². The molecule has 0 spiro atoms. The molecule has 6 heteroatoms. The average molecular weight is 487 g/mol. The molecule has 6 nitrogen and oxygen atoms in total. The van der Waals surface area contributed by atoms with Gasteiger partial charge in [-0.25, -0.2) is 0 Å². The summed E-state index contributed by atoms with van der Waals surface area (Å²) in [6.07, 6.45) is 9.42. The minimum Gasteiger partial charge on any atom is -0.354 e. The van der Waals surface area contributed by atoms with E-state index in [4.69, 9.17) is 0 Å². The number of hydrogen-bond donors (Lipinski definition) is 2. The SMILES string of the molecule is CC(C)c1c(-c2cn(C)c(=O)c3c2CCC3)[nH]c2ccc(C3CCN(CC(=O)NC4CC4)CC3)cc12. The van der Waals surface area contributed by atoms with Gasteiger partial charge < -0.3 is 14.9 Å². The largest absolute Gasteiger partial charge is 0.354 e. The lowest BCUT2D eigenvalue weighted by atomic mass is 9.87. The molecule has 2 aromatic heterocycles. The maximum absolute atomic E-state index is 12.7. The highest BCUT2D eigenvalue weighted by Crippen LogP contribution is 2.40.